The Morgan fingerprint density at radius 2 is 1.71 bits per heavy atom. The minimum absolute atomic E-state index is 0.0219. The minimum atomic E-state index is -0.0219. The van der Waals surface area contributed by atoms with E-state index in [1.165, 1.54) is 0 Å². The number of fused-ring (bicyclic) bond motifs is 1. The number of likely N-dealkylation sites (tertiary alicyclic amines) is 1. The van der Waals surface area contributed by atoms with Gasteiger partial charge in [0.2, 0.25) is 5.91 Å². The molecule has 0 aromatic heterocycles. The van der Waals surface area contributed by atoms with Gasteiger partial charge in [-0.25, -0.2) is 0 Å². The molecule has 0 unspecified atom stereocenters. The Balaban J connectivity index is 1.53. The number of rotatable bonds is 8. The van der Waals surface area contributed by atoms with Crippen molar-refractivity contribution in [2.45, 2.75) is 12.8 Å². The molecule has 3 rings (SSSR count). The fraction of sp³-hybridized carbons (Fsp3) is 0.455. The van der Waals surface area contributed by atoms with Crippen molar-refractivity contribution in [3.05, 3.63) is 49.1 Å². The third-order valence-electron chi connectivity index (χ3n) is 5.20. The summed E-state index contributed by atoms with van der Waals surface area (Å²) in [5.41, 5.74) is 0.668. The van der Waals surface area contributed by atoms with Gasteiger partial charge in [0.25, 0.3) is 0 Å². The van der Waals surface area contributed by atoms with E-state index in [1.807, 2.05) is 12.1 Å². The Hall–Kier alpha value is -2.60. The summed E-state index contributed by atoms with van der Waals surface area (Å²) >= 11 is 0. The van der Waals surface area contributed by atoms with E-state index >= 15 is 0 Å². The van der Waals surface area contributed by atoms with E-state index < -0.39 is 0 Å². The summed E-state index contributed by atoms with van der Waals surface area (Å²) in [5.74, 6) is 1.52. The van der Waals surface area contributed by atoms with Crippen LogP contribution in [0.4, 0.5) is 0 Å². The number of piperidine rings is 1. The van der Waals surface area contributed by atoms with Crippen molar-refractivity contribution in [3.8, 4) is 11.5 Å². The van der Waals surface area contributed by atoms with Crippen LogP contribution in [-0.4, -0.2) is 67.4 Å². The highest BCUT2D eigenvalue weighted by Gasteiger charge is 2.28. The van der Waals surface area contributed by atoms with Crippen LogP contribution in [0.3, 0.4) is 0 Å². The average Bonchev–Trinajstić information content (AvgIpc) is 2.73. The predicted molar refractivity (Wildman–Crippen MR) is 108 cm³/mol. The van der Waals surface area contributed by atoms with Gasteiger partial charge in [-0.15, -0.1) is 13.2 Å². The Labute approximate surface area is 166 Å². The quantitative estimate of drug-likeness (QED) is 0.509. The van der Waals surface area contributed by atoms with Gasteiger partial charge in [-0.2, -0.15) is 0 Å². The average molecular weight is 384 g/mol. The normalized spacial score (nSPS) is 17.0. The molecule has 0 bridgehead atoms. The Morgan fingerprint density at radius 1 is 1.07 bits per heavy atom. The molecule has 1 aromatic rings. The third-order valence-corrected chi connectivity index (χ3v) is 5.20. The number of Topliss-reactive ketones (excluding diaryl/α,β-unsaturated/α-hetero) is 1. The van der Waals surface area contributed by atoms with E-state index in [0.29, 0.717) is 49.9 Å². The van der Waals surface area contributed by atoms with Crippen molar-refractivity contribution < 1.29 is 19.1 Å². The van der Waals surface area contributed by atoms with Crippen molar-refractivity contribution >= 4 is 11.7 Å². The van der Waals surface area contributed by atoms with Gasteiger partial charge in [0.15, 0.2) is 17.3 Å². The van der Waals surface area contributed by atoms with Crippen LogP contribution < -0.4 is 9.47 Å². The first-order chi connectivity index (χ1) is 13.6. The molecule has 2 aliphatic rings. The highest BCUT2D eigenvalue weighted by Crippen LogP contribution is 2.32. The Kier molecular flexibility index (Phi) is 6.87. The SMILES string of the molecule is C=CCN(CC=C)C(=O)CN1CCC(C(=O)c2ccc3c(c2)OCCO3)CC1. The molecule has 6 nitrogen and oxygen atoms in total. The van der Waals surface area contributed by atoms with Crippen molar-refractivity contribution in [3.63, 3.8) is 0 Å². The summed E-state index contributed by atoms with van der Waals surface area (Å²) in [6.45, 7) is 11.3. The second kappa shape index (κ2) is 9.55. The molecule has 0 atom stereocenters. The first-order valence-electron chi connectivity index (χ1n) is 9.78. The van der Waals surface area contributed by atoms with Gasteiger partial charge in [0.05, 0.1) is 6.54 Å². The van der Waals surface area contributed by atoms with Crippen LogP contribution in [0.2, 0.25) is 0 Å². The van der Waals surface area contributed by atoms with Gasteiger partial charge in [0.1, 0.15) is 13.2 Å². The molecule has 2 heterocycles. The number of nitrogens with zero attached hydrogens (tertiary/aromatic N) is 2. The number of carbonyl (C=O) groups excluding carboxylic acids is 2. The number of ketones is 1. The zero-order valence-electron chi connectivity index (χ0n) is 16.3. The molecule has 0 saturated carbocycles. The number of hydrogen-bond acceptors (Lipinski definition) is 5. The third kappa shape index (κ3) is 4.81. The largest absolute Gasteiger partial charge is 0.486 e. The first kappa shape index (κ1) is 20.1. The van der Waals surface area contributed by atoms with Crippen molar-refractivity contribution in [2.24, 2.45) is 5.92 Å². The molecule has 0 spiro atoms. The molecular weight excluding hydrogens is 356 g/mol. The highest BCUT2D eigenvalue weighted by atomic mass is 16.6. The van der Waals surface area contributed by atoms with Crippen LogP contribution in [-0.2, 0) is 4.79 Å². The van der Waals surface area contributed by atoms with Gasteiger partial charge in [-0.1, -0.05) is 12.2 Å². The van der Waals surface area contributed by atoms with Gasteiger partial charge in [-0.3, -0.25) is 14.5 Å². The summed E-state index contributed by atoms with van der Waals surface area (Å²) in [7, 11) is 0. The molecule has 28 heavy (non-hydrogen) atoms. The monoisotopic (exact) mass is 384 g/mol. The lowest BCUT2D eigenvalue weighted by atomic mass is 9.88. The lowest BCUT2D eigenvalue weighted by Crippen LogP contribution is -2.44. The summed E-state index contributed by atoms with van der Waals surface area (Å²) in [4.78, 5) is 29.2. The fourth-order valence-corrected chi connectivity index (χ4v) is 3.67. The Morgan fingerprint density at radius 3 is 2.36 bits per heavy atom. The van der Waals surface area contributed by atoms with Crippen LogP contribution in [0.15, 0.2) is 43.5 Å². The molecule has 0 radical (unpaired) electrons. The maximum absolute atomic E-state index is 12.9. The molecule has 1 aromatic carbocycles. The maximum Gasteiger partial charge on any atom is 0.237 e. The molecule has 1 amide bonds. The van der Waals surface area contributed by atoms with Gasteiger partial charge in [-0.05, 0) is 44.1 Å². The van der Waals surface area contributed by atoms with E-state index in [1.54, 1.807) is 23.1 Å². The Bertz CT molecular complexity index is 728. The molecule has 0 aliphatic carbocycles. The van der Waals surface area contributed by atoms with E-state index in [9.17, 15) is 9.59 Å². The number of amides is 1. The van der Waals surface area contributed by atoms with Crippen LogP contribution in [0.25, 0.3) is 0 Å². The van der Waals surface area contributed by atoms with E-state index in [-0.39, 0.29) is 17.6 Å². The van der Waals surface area contributed by atoms with E-state index in [4.69, 9.17) is 9.47 Å². The van der Waals surface area contributed by atoms with Crippen LogP contribution in [0.1, 0.15) is 23.2 Å². The standard InChI is InChI=1S/C22H28N2O4/c1-3-9-24(10-4-2)21(25)16-23-11-7-17(8-12-23)22(26)18-5-6-19-20(15-18)28-14-13-27-19/h3-6,15,17H,1-2,7-14,16H2. The van der Waals surface area contributed by atoms with E-state index in [2.05, 4.69) is 18.1 Å². The topological polar surface area (TPSA) is 59.1 Å². The van der Waals surface area contributed by atoms with Crippen molar-refractivity contribution in [1.82, 2.24) is 9.80 Å². The summed E-state index contributed by atoms with van der Waals surface area (Å²) in [5, 5.41) is 0. The zero-order chi connectivity index (χ0) is 19.9. The number of carbonyl (C=O) groups is 2. The summed E-state index contributed by atoms with van der Waals surface area (Å²) in [6, 6.07) is 5.41. The first-order valence-corrected chi connectivity index (χ1v) is 9.78. The van der Waals surface area contributed by atoms with Crippen LogP contribution in [0.5, 0.6) is 11.5 Å². The lowest BCUT2D eigenvalue weighted by molar-refractivity contribution is -0.131. The molecule has 150 valence electrons. The van der Waals surface area contributed by atoms with Gasteiger partial charge < -0.3 is 14.4 Å². The van der Waals surface area contributed by atoms with Gasteiger partial charge >= 0.3 is 0 Å². The maximum atomic E-state index is 12.9. The number of hydrogen-bond donors (Lipinski definition) is 0. The van der Waals surface area contributed by atoms with Crippen LogP contribution >= 0.6 is 0 Å². The molecule has 1 saturated heterocycles. The predicted octanol–water partition coefficient (Wildman–Crippen LogP) is 2.55. The lowest BCUT2D eigenvalue weighted by Gasteiger charge is -2.32. The zero-order valence-corrected chi connectivity index (χ0v) is 16.3. The summed E-state index contributed by atoms with van der Waals surface area (Å²) < 4.78 is 11.1. The van der Waals surface area contributed by atoms with Crippen molar-refractivity contribution in [2.75, 3.05) is 45.9 Å². The molecule has 1 fully saturated rings. The number of ether oxygens (including phenoxy) is 2. The second-order valence-corrected chi connectivity index (χ2v) is 7.15. The second-order valence-electron chi connectivity index (χ2n) is 7.15. The van der Waals surface area contributed by atoms with Gasteiger partial charge in [0, 0.05) is 24.6 Å². The van der Waals surface area contributed by atoms with Crippen molar-refractivity contribution in [1.29, 1.82) is 0 Å². The smallest absolute Gasteiger partial charge is 0.237 e. The fourth-order valence-electron chi connectivity index (χ4n) is 3.67. The minimum Gasteiger partial charge on any atom is -0.486 e. The molecule has 6 heteroatoms. The summed E-state index contributed by atoms with van der Waals surface area (Å²) in [6.07, 6.45) is 4.95. The van der Waals surface area contributed by atoms with Crippen LogP contribution in [0, 0.1) is 5.92 Å². The highest BCUT2D eigenvalue weighted by molar-refractivity contribution is 5.98. The molecule has 2 aliphatic heterocycles. The molecular formula is C22H28N2O4. The number of benzene rings is 1. The molecule has 0 N–H and O–H groups in total. The van der Waals surface area contributed by atoms with E-state index in [0.717, 1.165) is 25.9 Å².